The number of aliphatic imine (C=N–C) groups is 1. The van der Waals surface area contributed by atoms with Crippen LogP contribution in [0.25, 0.3) is 0 Å². The summed E-state index contributed by atoms with van der Waals surface area (Å²) < 4.78 is 12.7. The molecule has 3 nitrogen and oxygen atoms in total. The Balaban J connectivity index is 2.16. The average Bonchev–Trinajstić information content (AvgIpc) is 2.46. The number of thioether (sulfide) groups is 1. The van der Waals surface area contributed by atoms with Crippen molar-refractivity contribution in [3.63, 3.8) is 0 Å². The minimum atomic E-state index is -0.346. The molecule has 0 saturated carbocycles. The van der Waals surface area contributed by atoms with Crippen molar-refractivity contribution >= 4 is 22.7 Å². The number of amidine groups is 1. The molecule has 0 bridgehead atoms. The normalized spacial score (nSPS) is 18.9. The van der Waals surface area contributed by atoms with Crippen LogP contribution in [0.1, 0.15) is 13.3 Å². The Hall–Kier alpha value is -1.36. The molecule has 0 aliphatic carbocycles. The number of hydrogen-bond acceptors (Lipinski definition) is 3. The molecular weight excluding hydrogens is 225 g/mol. The maximum Gasteiger partial charge on any atom is 0.167 e. The number of hydrogen-bond donors (Lipinski definition) is 1. The molecule has 0 atom stereocenters. The lowest BCUT2D eigenvalue weighted by molar-refractivity contribution is 0.621. The molecular formula is C11H12FN3S. The number of nitrogens with one attached hydrogen (secondary N) is 1. The molecule has 0 spiro atoms. The molecule has 2 rings (SSSR count). The molecule has 1 aliphatic heterocycles. The van der Waals surface area contributed by atoms with E-state index in [1.807, 2.05) is 6.92 Å². The Morgan fingerprint density at radius 2 is 2.38 bits per heavy atom. The maximum absolute atomic E-state index is 12.7. The van der Waals surface area contributed by atoms with Crippen LogP contribution in [0.2, 0.25) is 0 Å². The highest BCUT2D eigenvalue weighted by Crippen LogP contribution is 2.16. The van der Waals surface area contributed by atoms with E-state index in [2.05, 4.69) is 21.4 Å². The van der Waals surface area contributed by atoms with Gasteiger partial charge in [0.1, 0.15) is 5.82 Å². The van der Waals surface area contributed by atoms with Crippen molar-refractivity contribution in [2.75, 3.05) is 5.75 Å². The standard InChI is InChI=1S/C11H12FN3S/c1-8-3-2-6-16-11(14-8)15-10-5-4-9(12)7-13-10/h3-5,7H,2,6H2,1H3,(H,13,14,15). The molecule has 84 valence electrons. The first-order chi connectivity index (χ1) is 7.74. The summed E-state index contributed by atoms with van der Waals surface area (Å²) in [6.45, 7) is 2.00. The molecule has 0 aromatic carbocycles. The molecule has 0 saturated heterocycles. The zero-order valence-corrected chi connectivity index (χ0v) is 9.72. The van der Waals surface area contributed by atoms with E-state index >= 15 is 0 Å². The van der Waals surface area contributed by atoms with E-state index < -0.39 is 0 Å². The van der Waals surface area contributed by atoms with Crippen molar-refractivity contribution in [3.8, 4) is 0 Å². The fourth-order valence-electron chi connectivity index (χ4n) is 1.29. The third kappa shape index (κ3) is 3.06. The van der Waals surface area contributed by atoms with Gasteiger partial charge < -0.3 is 5.32 Å². The van der Waals surface area contributed by atoms with Crippen LogP contribution >= 0.6 is 11.8 Å². The van der Waals surface area contributed by atoms with Gasteiger partial charge in [0.2, 0.25) is 0 Å². The van der Waals surface area contributed by atoms with E-state index in [9.17, 15) is 4.39 Å². The van der Waals surface area contributed by atoms with Gasteiger partial charge in [-0.15, -0.1) is 0 Å². The first-order valence-corrected chi connectivity index (χ1v) is 5.99. The molecule has 0 radical (unpaired) electrons. The quantitative estimate of drug-likeness (QED) is 0.816. The maximum atomic E-state index is 12.7. The fraction of sp³-hybridized carbons (Fsp3) is 0.273. The van der Waals surface area contributed by atoms with E-state index in [1.54, 1.807) is 17.8 Å². The van der Waals surface area contributed by atoms with Gasteiger partial charge in [-0.1, -0.05) is 17.8 Å². The van der Waals surface area contributed by atoms with Crippen molar-refractivity contribution in [3.05, 3.63) is 35.9 Å². The van der Waals surface area contributed by atoms with Gasteiger partial charge in [0, 0.05) is 11.4 Å². The molecule has 0 amide bonds. The monoisotopic (exact) mass is 237 g/mol. The second-order valence-corrected chi connectivity index (χ2v) is 4.48. The average molecular weight is 237 g/mol. The van der Waals surface area contributed by atoms with Gasteiger partial charge in [0.05, 0.1) is 6.20 Å². The fourth-order valence-corrected chi connectivity index (χ4v) is 2.11. The van der Waals surface area contributed by atoms with Crippen LogP contribution in [0.15, 0.2) is 35.1 Å². The topological polar surface area (TPSA) is 37.3 Å². The zero-order valence-electron chi connectivity index (χ0n) is 8.90. The highest BCUT2D eigenvalue weighted by Gasteiger charge is 2.05. The lowest BCUT2D eigenvalue weighted by Crippen LogP contribution is -2.16. The summed E-state index contributed by atoms with van der Waals surface area (Å²) in [7, 11) is 0. The van der Waals surface area contributed by atoms with Crippen LogP contribution < -0.4 is 5.32 Å². The summed E-state index contributed by atoms with van der Waals surface area (Å²) in [5, 5.41) is 3.99. The van der Waals surface area contributed by atoms with Gasteiger partial charge in [-0.3, -0.25) is 0 Å². The molecule has 5 heteroatoms. The van der Waals surface area contributed by atoms with E-state index in [1.165, 1.54) is 12.3 Å². The predicted octanol–water partition coefficient (Wildman–Crippen LogP) is 2.84. The summed E-state index contributed by atoms with van der Waals surface area (Å²) in [4.78, 5) is 8.21. The second-order valence-electron chi connectivity index (χ2n) is 3.40. The zero-order chi connectivity index (χ0) is 11.4. The molecule has 2 heterocycles. The van der Waals surface area contributed by atoms with Crippen LogP contribution in [-0.4, -0.2) is 15.9 Å². The van der Waals surface area contributed by atoms with Gasteiger partial charge in [0.25, 0.3) is 0 Å². The van der Waals surface area contributed by atoms with Crippen molar-refractivity contribution in [1.82, 2.24) is 10.3 Å². The number of pyridine rings is 1. The minimum Gasteiger partial charge on any atom is -0.339 e. The summed E-state index contributed by atoms with van der Waals surface area (Å²) in [6, 6.07) is 2.92. The van der Waals surface area contributed by atoms with Crippen molar-refractivity contribution in [2.45, 2.75) is 13.3 Å². The highest BCUT2D eigenvalue weighted by atomic mass is 32.2. The molecule has 1 N–H and O–H groups in total. The first kappa shape index (κ1) is 11.1. The Morgan fingerprint density at radius 1 is 1.50 bits per heavy atom. The number of allylic oxidation sites excluding steroid dienone is 2. The third-order valence-corrected chi connectivity index (χ3v) is 2.95. The summed E-state index contributed by atoms with van der Waals surface area (Å²) in [5.74, 6) is 1.16. The second kappa shape index (κ2) is 5.12. The Labute approximate surface area is 97.9 Å². The molecule has 0 fully saturated rings. The van der Waals surface area contributed by atoms with Gasteiger partial charge in [-0.25, -0.2) is 14.4 Å². The largest absolute Gasteiger partial charge is 0.339 e. The highest BCUT2D eigenvalue weighted by molar-refractivity contribution is 8.13. The molecule has 1 aromatic heterocycles. The van der Waals surface area contributed by atoms with Crippen molar-refractivity contribution in [1.29, 1.82) is 0 Å². The van der Waals surface area contributed by atoms with Gasteiger partial charge in [0.15, 0.2) is 11.0 Å². The number of halogens is 1. The van der Waals surface area contributed by atoms with Crippen LogP contribution in [0.5, 0.6) is 0 Å². The number of nitrogens with zero attached hydrogens (tertiary/aromatic N) is 2. The Bertz CT molecular complexity index is 425. The van der Waals surface area contributed by atoms with Crippen molar-refractivity contribution in [2.24, 2.45) is 4.99 Å². The SMILES string of the molecule is CC1=CCCSC(=Nc2ccc(F)cn2)N1. The first-order valence-electron chi connectivity index (χ1n) is 5.01. The Kier molecular flexibility index (Phi) is 3.56. The Morgan fingerprint density at radius 3 is 3.12 bits per heavy atom. The predicted molar refractivity (Wildman–Crippen MR) is 65.3 cm³/mol. The van der Waals surface area contributed by atoms with E-state index in [4.69, 9.17) is 0 Å². The van der Waals surface area contributed by atoms with Crippen LogP contribution in [0, 0.1) is 5.82 Å². The van der Waals surface area contributed by atoms with Crippen LogP contribution in [-0.2, 0) is 0 Å². The lowest BCUT2D eigenvalue weighted by atomic mass is 10.4. The summed E-state index contributed by atoms with van der Waals surface area (Å²) in [5.41, 5.74) is 1.09. The minimum absolute atomic E-state index is 0.346. The molecule has 1 aromatic rings. The van der Waals surface area contributed by atoms with Crippen molar-refractivity contribution < 1.29 is 4.39 Å². The van der Waals surface area contributed by atoms with E-state index in [-0.39, 0.29) is 5.82 Å². The molecule has 1 aliphatic rings. The number of rotatable bonds is 1. The van der Waals surface area contributed by atoms with Gasteiger partial charge in [-0.05, 0) is 25.5 Å². The van der Waals surface area contributed by atoms with E-state index in [0.29, 0.717) is 5.82 Å². The van der Waals surface area contributed by atoms with Gasteiger partial charge >= 0.3 is 0 Å². The lowest BCUT2D eigenvalue weighted by Gasteiger charge is -2.05. The third-order valence-electron chi connectivity index (χ3n) is 2.04. The van der Waals surface area contributed by atoms with Gasteiger partial charge in [-0.2, -0.15) is 0 Å². The molecule has 16 heavy (non-hydrogen) atoms. The van der Waals surface area contributed by atoms with Crippen LogP contribution in [0.4, 0.5) is 10.2 Å². The van der Waals surface area contributed by atoms with Crippen LogP contribution in [0.3, 0.4) is 0 Å². The summed E-state index contributed by atoms with van der Waals surface area (Å²) in [6.07, 6.45) is 4.33. The smallest absolute Gasteiger partial charge is 0.167 e. The van der Waals surface area contributed by atoms with E-state index in [0.717, 1.165) is 23.0 Å². The number of aromatic nitrogens is 1. The molecule has 0 unspecified atom stereocenters. The summed E-state index contributed by atoms with van der Waals surface area (Å²) >= 11 is 1.64.